The van der Waals surface area contributed by atoms with Crippen LogP contribution in [-0.2, 0) is 4.74 Å². The van der Waals surface area contributed by atoms with E-state index in [2.05, 4.69) is 30.0 Å². The summed E-state index contributed by atoms with van der Waals surface area (Å²) in [4.78, 5) is 2.39. The Labute approximate surface area is 127 Å². The van der Waals surface area contributed by atoms with Crippen LogP contribution in [0.2, 0.25) is 0 Å². The molecular weight excluding hydrogens is 264 g/mol. The second kappa shape index (κ2) is 6.67. The van der Waals surface area contributed by atoms with Gasteiger partial charge in [0.05, 0.1) is 13.2 Å². The van der Waals surface area contributed by atoms with E-state index in [1.807, 2.05) is 0 Å². The molecule has 0 amide bonds. The molecule has 2 N–H and O–H groups in total. The first kappa shape index (κ1) is 14.7. The minimum atomic E-state index is 0.298. The lowest BCUT2D eigenvalue weighted by Crippen LogP contribution is -2.42. The molecule has 0 bridgehead atoms. The van der Waals surface area contributed by atoms with Crippen molar-refractivity contribution in [1.82, 2.24) is 0 Å². The van der Waals surface area contributed by atoms with Crippen LogP contribution in [0.5, 0.6) is 5.75 Å². The lowest BCUT2D eigenvalue weighted by molar-refractivity contribution is 0.0253. The number of aryl methyl sites for hydroxylation is 1. The van der Waals surface area contributed by atoms with Gasteiger partial charge in [-0.15, -0.1) is 0 Å². The van der Waals surface area contributed by atoms with Gasteiger partial charge < -0.3 is 20.1 Å². The molecule has 2 heterocycles. The molecule has 116 valence electrons. The Morgan fingerprint density at radius 2 is 2.05 bits per heavy atom. The van der Waals surface area contributed by atoms with Crippen LogP contribution in [-0.4, -0.2) is 38.4 Å². The van der Waals surface area contributed by atoms with Crippen LogP contribution in [0, 0.1) is 6.92 Å². The van der Waals surface area contributed by atoms with Gasteiger partial charge in [0.15, 0.2) is 0 Å². The molecule has 1 aromatic carbocycles. The van der Waals surface area contributed by atoms with Gasteiger partial charge in [0.2, 0.25) is 0 Å². The molecule has 0 radical (unpaired) electrons. The molecule has 1 atom stereocenters. The van der Waals surface area contributed by atoms with Crippen molar-refractivity contribution in [2.45, 2.75) is 44.8 Å². The number of nitrogens with zero attached hydrogens (tertiary/aromatic N) is 1. The smallest absolute Gasteiger partial charge is 0.122 e. The first-order valence-electron chi connectivity index (χ1n) is 8.08. The summed E-state index contributed by atoms with van der Waals surface area (Å²) in [5.41, 5.74) is 8.55. The van der Waals surface area contributed by atoms with Crippen molar-refractivity contribution in [2.75, 3.05) is 31.2 Å². The molecule has 3 rings (SSSR count). The summed E-state index contributed by atoms with van der Waals surface area (Å²) >= 11 is 0. The lowest BCUT2D eigenvalue weighted by atomic mass is 10.1. The van der Waals surface area contributed by atoms with Gasteiger partial charge >= 0.3 is 0 Å². The monoisotopic (exact) mass is 290 g/mol. The average molecular weight is 290 g/mol. The number of piperidine rings is 1. The van der Waals surface area contributed by atoms with E-state index in [0.29, 0.717) is 12.1 Å². The highest BCUT2D eigenvalue weighted by Crippen LogP contribution is 2.28. The van der Waals surface area contributed by atoms with Crippen LogP contribution in [0.4, 0.5) is 5.69 Å². The summed E-state index contributed by atoms with van der Waals surface area (Å²) in [5, 5.41) is 0. The van der Waals surface area contributed by atoms with Crippen molar-refractivity contribution in [2.24, 2.45) is 5.73 Å². The van der Waals surface area contributed by atoms with Crippen molar-refractivity contribution in [3.05, 3.63) is 23.8 Å². The van der Waals surface area contributed by atoms with E-state index < -0.39 is 0 Å². The van der Waals surface area contributed by atoms with E-state index in [-0.39, 0.29) is 0 Å². The van der Waals surface area contributed by atoms with Crippen molar-refractivity contribution < 1.29 is 9.47 Å². The Morgan fingerprint density at radius 1 is 1.24 bits per heavy atom. The molecule has 0 aliphatic carbocycles. The number of ether oxygens (including phenoxy) is 2. The normalized spacial score (nSPS) is 24.1. The third-order valence-corrected chi connectivity index (χ3v) is 4.44. The van der Waals surface area contributed by atoms with Gasteiger partial charge in [-0.1, -0.05) is 0 Å². The number of nitrogens with two attached hydrogens (primary N) is 1. The Balaban J connectivity index is 1.67. The van der Waals surface area contributed by atoms with Gasteiger partial charge in [-0.3, -0.25) is 0 Å². The zero-order valence-corrected chi connectivity index (χ0v) is 12.9. The Hall–Kier alpha value is -1.26. The van der Waals surface area contributed by atoms with E-state index in [0.717, 1.165) is 51.3 Å². The predicted octanol–water partition coefficient (Wildman–Crippen LogP) is 2.48. The first-order valence-corrected chi connectivity index (χ1v) is 8.08. The lowest BCUT2D eigenvalue weighted by Gasteiger charge is -2.33. The Morgan fingerprint density at radius 3 is 2.76 bits per heavy atom. The summed E-state index contributed by atoms with van der Waals surface area (Å²) in [6, 6.07) is 6.81. The molecule has 2 saturated heterocycles. The molecule has 2 aliphatic rings. The van der Waals surface area contributed by atoms with Crippen LogP contribution in [0.25, 0.3) is 0 Å². The number of rotatable bonds is 3. The first-order chi connectivity index (χ1) is 10.2. The summed E-state index contributed by atoms with van der Waals surface area (Å²) < 4.78 is 11.5. The van der Waals surface area contributed by atoms with E-state index in [1.54, 1.807) is 0 Å². The molecule has 0 saturated carbocycles. The largest absolute Gasteiger partial charge is 0.490 e. The highest BCUT2D eigenvalue weighted by molar-refractivity contribution is 5.53. The fraction of sp³-hybridized carbons (Fsp3) is 0.647. The van der Waals surface area contributed by atoms with Gasteiger partial charge in [0, 0.05) is 37.7 Å². The third kappa shape index (κ3) is 3.69. The number of anilines is 1. The number of hydrogen-bond donors (Lipinski definition) is 1. The highest BCUT2D eigenvalue weighted by Gasteiger charge is 2.19. The second-order valence-corrected chi connectivity index (χ2v) is 6.23. The fourth-order valence-electron chi connectivity index (χ4n) is 3.18. The maximum absolute atomic E-state index is 6.13. The van der Waals surface area contributed by atoms with Crippen molar-refractivity contribution in [1.29, 1.82) is 0 Å². The molecular formula is C17H26N2O2. The summed E-state index contributed by atoms with van der Waals surface area (Å²) in [6.07, 6.45) is 4.59. The van der Waals surface area contributed by atoms with E-state index >= 15 is 0 Å². The Kier molecular flexibility index (Phi) is 4.66. The zero-order valence-electron chi connectivity index (χ0n) is 12.9. The van der Waals surface area contributed by atoms with Crippen LogP contribution >= 0.6 is 0 Å². The molecule has 2 aliphatic heterocycles. The fourth-order valence-corrected chi connectivity index (χ4v) is 3.18. The van der Waals surface area contributed by atoms with Gasteiger partial charge in [0.1, 0.15) is 11.9 Å². The van der Waals surface area contributed by atoms with Crippen molar-refractivity contribution in [3.63, 3.8) is 0 Å². The topological polar surface area (TPSA) is 47.7 Å². The minimum absolute atomic E-state index is 0.298. The summed E-state index contributed by atoms with van der Waals surface area (Å²) in [7, 11) is 0. The zero-order chi connectivity index (χ0) is 14.7. The van der Waals surface area contributed by atoms with Crippen LogP contribution in [0.15, 0.2) is 18.2 Å². The van der Waals surface area contributed by atoms with Crippen LogP contribution in [0.1, 0.15) is 31.2 Å². The Bertz CT molecular complexity index is 472. The predicted molar refractivity (Wildman–Crippen MR) is 85.1 cm³/mol. The molecule has 0 aromatic heterocycles. The molecule has 2 fully saturated rings. The molecule has 4 heteroatoms. The molecule has 21 heavy (non-hydrogen) atoms. The third-order valence-electron chi connectivity index (χ3n) is 4.44. The van der Waals surface area contributed by atoms with E-state index in [9.17, 15) is 0 Å². The molecule has 1 unspecified atom stereocenters. The van der Waals surface area contributed by atoms with Crippen LogP contribution in [0.3, 0.4) is 0 Å². The SMILES string of the molecule is Cc1cc(N2CCCC(N)C2)ccc1OC1CCOCC1. The minimum Gasteiger partial charge on any atom is -0.490 e. The van der Waals surface area contributed by atoms with Gasteiger partial charge in [0.25, 0.3) is 0 Å². The second-order valence-electron chi connectivity index (χ2n) is 6.23. The van der Waals surface area contributed by atoms with Crippen molar-refractivity contribution in [3.8, 4) is 5.75 Å². The van der Waals surface area contributed by atoms with Crippen molar-refractivity contribution >= 4 is 5.69 Å². The van der Waals surface area contributed by atoms with Gasteiger partial charge in [-0.05, 0) is 43.5 Å². The number of benzene rings is 1. The van der Waals surface area contributed by atoms with E-state index in [4.69, 9.17) is 15.2 Å². The molecule has 1 aromatic rings. The molecule has 0 spiro atoms. The molecule has 4 nitrogen and oxygen atoms in total. The quantitative estimate of drug-likeness (QED) is 0.929. The average Bonchev–Trinajstić information content (AvgIpc) is 2.50. The maximum Gasteiger partial charge on any atom is 0.122 e. The highest BCUT2D eigenvalue weighted by atomic mass is 16.5. The van der Waals surface area contributed by atoms with Crippen LogP contribution < -0.4 is 15.4 Å². The summed E-state index contributed by atoms with van der Waals surface area (Å²) in [6.45, 7) is 5.82. The standard InChI is InChI=1S/C17H26N2O2/c1-13-11-15(19-8-2-3-14(18)12-19)4-5-17(13)21-16-6-9-20-10-7-16/h4-5,11,14,16H,2-3,6-10,12,18H2,1H3. The van der Waals surface area contributed by atoms with E-state index in [1.165, 1.54) is 17.7 Å². The van der Waals surface area contributed by atoms with Gasteiger partial charge in [-0.25, -0.2) is 0 Å². The number of hydrogen-bond acceptors (Lipinski definition) is 4. The van der Waals surface area contributed by atoms with Gasteiger partial charge in [-0.2, -0.15) is 0 Å². The maximum atomic E-state index is 6.13. The summed E-state index contributed by atoms with van der Waals surface area (Å²) in [5.74, 6) is 1.01.